The maximum atomic E-state index is 11.7. The first-order valence-corrected chi connectivity index (χ1v) is 10.5. The second-order valence-corrected chi connectivity index (χ2v) is 7.65. The summed E-state index contributed by atoms with van der Waals surface area (Å²) in [5.41, 5.74) is 24.2. The highest BCUT2D eigenvalue weighted by Crippen LogP contribution is 2.27. The standard InChI is InChI=1S/C20H30ClN7O5.ClH/c1-2-3-12(10-4-6-11(7-5-10)33-9-14(31)13(30)8-29)26-20(25)28-17(22)15(19(24)32)27-16(21)18(28)23;/h4-7,12-14,27,29-31H,2-3,8-9,22-23H2,1H3,(H2,24,32)(H2,25,26);1H. The number of aliphatic hydroxyl groups excluding tert-OH is 3. The average Bonchev–Trinajstić information content (AvgIpc) is 2.79. The molecule has 14 heteroatoms. The minimum Gasteiger partial charge on any atom is -0.491 e. The van der Waals surface area contributed by atoms with Gasteiger partial charge in [-0.25, -0.2) is 9.89 Å². The molecule has 190 valence electrons. The molecule has 0 fully saturated rings. The Morgan fingerprint density at radius 3 is 2.32 bits per heavy atom. The number of hydrogen-bond donors (Lipinski definition) is 8. The van der Waals surface area contributed by atoms with Gasteiger partial charge in [-0.3, -0.25) is 4.79 Å². The Labute approximate surface area is 208 Å². The summed E-state index contributed by atoms with van der Waals surface area (Å²) in [6.45, 7) is 1.23. The van der Waals surface area contributed by atoms with E-state index in [1.54, 1.807) is 24.3 Å². The fraction of sp³-hybridized carbons (Fsp3) is 0.400. The van der Waals surface area contributed by atoms with Crippen molar-refractivity contribution < 1.29 is 24.9 Å². The zero-order chi connectivity index (χ0) is 24.7. The predicted molar refractivity (Wildman–Crippen MR) is 130 cm³/mol. The third kappa shape index (κ3) is 7.05. The summed E-state index contributed by atoms with van der Waals surface area (Å²) in [4.78, 5) is 17.3. The molecule has 1 aliphatic rings. The molecule has 0 aliphatic carbocycles. The van der Waals surface area contributed by atoms with Gasteiger partial charge in [0, 0.05) is 0 Å². The number of primary amides is 1. The number of nitrogens with two attached hydrogens (primary N) is 4. The summed E-state index contributed by atoms with van der Waals surface area (Å²) in [7, 11) is 0. The number of aliphatic imine (C=N–C) groups is 1. The van der Waals surface area contributed by atoms with Crippen molar-refractivity contribution in [2.24, 2.45) is 27.9 Å². The minimum atomic E-state index is -1.29. The normalized spacial score (nSPS) is 17.0. The van der Waals surface area contributed by atoms with Gasteiger partial charge < -0.3 is 48.3 Å². The Hall–Kier alpha value is -2.90. The second-order valence-electron chi connectivity index (χ2n) is 7.27. The van der Waals surface area contributed by atoms with Gasteiger partial charge in [0.15, 0.2) is 0 Å². The molecule has 0 saturated heterocycles. The highest BCUT2D eigenvalue weighted by atomic mass is 35.5. The number of nitrogens with zero attached hydrogens (tertiary/aromatic N) is 2. The number of rotatable bonds is 10. The molecule has 12 nitrogen and oxygen atoms in total. The van der Waals surface area contributed by atoms with Crippen LogP contribution in [0.5, 0.6) is 5.75 Å². The molecule has 3 atom stereocenters. The Bertz CT molecular complexity index is 940. The van der Waals surface area contributed by atoms with Crippen LogP contribution in [0.25, 0.3) is 0 Å². The smallest absolute Gasteiger partial charge is 0.268 e. The topological polar surface area (TPSA) is 219 Å². The Morgan fingerprint density at radius 2 is 1.79 bits per heavy atom. The summed E-state index contributed by atoms with van der Waals surface area (Å²) in [6, 6.07) is 6.53. The van der Waals surface area contributed by atoms with Crippen LogP contribution in [0.15, 0.2) is 51.8 Å². The zero-order valence-electron chi connectivity index (χ0n) is 18.5. The molecule has 0 spiro atoms. The van der Waals surface area contributed by atoms with Gasteiger partial charge in [-0.15, -0.1) is 12.4 Å². The lowest BCUT2D eigenvalue weighted by molar-refractivity contribution is -0.115. The predicted octanol–water partition coefficient (Wildman–Crippen LogP) is -0.800. The van der Waals surface area contributed by atoms with Crippen molar-refractivity contribution in [1.82, 2.24) is 10.2 Å². The van der Waals surface area contributed by atoms with Gasteiger partial charge in [0.1, 0.15) is 47.1 Å². The lowest BCUT2D eigenvalue weighted by atomic mass is 10.0. The zero-order valence-corrected chi connectivity index (χ0v) is 20.1. The summed E-state index contributed by atoms with van der Waals surface area (Å²) in [5, 5.41) is 30.4. The van der Waals surface area contributed by atoms with Crippen molar-refractivity contribution in [3.8, 4) is 5.75 Å². The van der Waals surface area contributed by atoms with E-state index in [0.717, 1.165) is 16.9 Å². The largest absolute Gasteiger partial charge is 0.491 e. The van der Waals surface area contributed by atoms with Crippen molar-refractivity contribution in [2.75, 3.05) is 13.2 Å². The highest BCUT2D eigenvalue weighted by molar-refractivity contribution is 6.30. The first-order valence-electron chi connectivity index (χ1n) is 10.2. The Morgan fingerprint density at radius 1 is 1.18 bits per heavy atom. The van der Waals surface area contributed by atoms with E-state index < -0.39 is 24.7 Å². The summed E-state index contributed by atoms with van der Waals surface area (Å²) in [6.07, 6.45) is -1.08. The number of benzene rings is 1. The summed E-state index contributed by atoms with van der Waals surface area (Å²) >= 11 is 6.06. The van der Waals surface area contributed by atoms with Crippen LogP contribution in [-0.2, 0) is 4.79 Å². The average molecular weight is 520 g/mol. The number of hydrogen-bond acceptors (Lipinski definition) is 9. The van der Waals surface area contributed by atoms with E-state index in [1.165, 1.54) is 0 Å². The molecule has 2 rings (SSSR count). The number of amides is 1. The molecule has 1 amide bonds. The molecule has 1 aromatic rings. The van der Waals surface area contributed by atoms with E-state index in [4.69, 9.17) is 44.4 Å². The van der Waals surface area contributed by atoms with Crippen LogP contribution in [0.4, 0.5) is 0 Å². The van der Waals surface area contributed by atoms with Crippen LogP contribution in [0.1, 0.15) is 31.4 Å². The third-order valence-electron chi connectivity index (χ3n) is 4.84. The number of aliphatic hydroxyl groups is 3. The number of carbonyl (C=O) groups excluding carboxylic acids is 1. The maximum absolute atomic E-state index is 11.7. The monoisotopic (exact) mass is 519 g/mol. The number of nitrogens with one attached hydrogen (secondary N) is 1. The number of halogens is 2. The van der Waals surface area contributed by atoms with Crippen LogP contribution >= 0.6 is 24.0 Å². The van der Waals surface area contributed by atoms with E-state index in [2.05, 4.69) is 10.3 Å². The molecule has 0 radical (unpaired) electrons. The molecular formula is C20H31Cl2N7O5. The Kier molecular flexibility index (Phi) is 11.2. The molecule has 1 aromatic carbocycles. The van der Waals surface area contributed by atoms with Gasteiger partial charge in [0.2, 0.25) is 5.96 Å². The van der Waals surface area contributed by atoms with Gasteiger partial charge in [0.05, 0.1) is 12.6 Å². The molecule has 0 bridgehead atoms. The fourth-order valence-electron chi connectivity index (χ4n) is 3.01. The number of guanidine groups is 1. The number of carbonyl (C=O) groups is 1. The van der Waals surface area contributed by atoms with Crippen molar-refractivity contribution >= 4 is 35.9 Å². The molecule has 3 unspecified atom stereocenters. The van der Waals surface area contributed by atoms with Gasteiger partial charge >= 0.3 is 0 Å². The molecule has 0 aromatic heterocycles. The first kappa shape index (κ1) is 29.1. The number of ether oxygens (including phenoxy) is 1. The minimum absolute atomic E-state index is 0. The van der Waals surface area contributed by atoms with E-state index in [9.17, 15) is 15.0 Å². The van der Waals surface area contributed by atoms with Crippen molar-refractivity contribution in [2.45, 2.75) is 38.0 Å². The molecule has 12 N–H and O–H groups in total. The quantitative estimate of drug-likeness (QED) is 0.109. The summed E-state index contributed by atoms with van der Waals surface area (Å²) < 4.78 is 5.44. The maximum Gasteiger partial charge on any atom is 0.268 e. The first-order chi connectivity index (χ1) is 15.6. The summed E-state index contributed by atoms with van der Waals surface area (Å²) in [5.74, 6) is -0.637. The van der Waals surface area contributed by atoms with Crippen LogP contribution in [0, 0.1) is 0 Å². The Balaban J connectivity index is 0.00000578. The van der Waals surface area contributed by atoms with E-state index >= 15 is 0 Å². The molecule has 0 saturated carbocycles. The van der Waals surface area contributed by atoms with Crippen molar-refractivity contribution in [3.63, 3.8) is 0 Å². The van der Waals surface area contributed by atoms with E-state index in [-0.39, 0.29) is 53.5 Å². The van der Waals surface area contributed by atoms with Crippen LogP contribution in [-0.4, -0.2) is 57.5 Å². The van der Waals surface area contributed by atoms with Gasteiger partial charge in [-0.05, 0) is 24.1 Å². The van der Waals surface area contributed by atoms with Crippen molar-refractivity contribution in [1.29, 1.82) is 0 Å². The fourth-order valence-corrected chi connectivity index (χ4v) is 3.19. The SMILES string of the molecule is CCCC(N=C(N)N1C(N)=C(Cl)NC(C(N)=O)=C1N)c1ccc(OCC(O)C(O)CO)cc1.Cl. The highest BCUT2D eigenvalue weighted by Gasteiger charge is 2.29. The second kappa shape index (κ2) is 13.1. The van der Waals surface area contributed by atoms with E-state index in [0.29, 0.717) is 12.2 Å². The van der Waals surface area contributed by atoms with Crippen LogP contribution in [0.2, 0.25) is 0 Å². The van der Waals surface area contributed by atoms with Gasteiger partial charge in [-0.2, -0.15) is 0 Å². The lowest BCUT2D eigenvalue weighted by Crippen LogP contribution is -2.49. The molecule has 1 aliphatic heterocycles. The third-order valence-corrected chi connectivity index (χ3v) is 5.13. The lowest BCUT2D eigenvalue weighted by Gasteiger charge is -2.31. The van der Waals surface area contributed by atoms with Crippen LogP contribution in [0.3, 0.4) is 0 Å². The van der Waals surface area contributed by atoms with E-state index in [1.807, 2.05) is 6.92 Å². The van der Waals surface area contributed by atoms with Crippen molar-refractivity contribution in [3.05, 3.63) is 52.3 Å². The van der Waals surface area contributed by atoms with Gasteiger partial charge in [0.25, 0.3) is 5.91 Å². The van der Waals surface area contributed by atoms with Gasteiger partial charge in [-0.1, -0.05) is 37.1 Å². The molecule has 34 heavy (non-hydrogen) atoms. The van der Waals surface area contributed by atoms with Crippen LogP contribution < -0.4 is 33.0 Å². The molecular weight excluding hydrogens is 489 g/mol. The molecule has 1 heterocycles.